The van der Waals surface area contributed by atoms with Gasteiger partial charge < -0.3 is 10.1 Å². The van der Waals surface area contributed by atoms with E-state index in [-0.39, 0.29) is 5.91 Å². The highest BCUT2D eigenvalue weighted by Crippen LogP contribution is 2.34. The second-order valence-electron chi connectivity index (χ2n) is 7.44. The van der Waals surface area contributed by atoms with Crippen LogP contribution in [0.15, 0.2) is 78.0 Å². The van der Waals surface area contributed by atoms with Crippen molar-refractivity contribution in [3.8, 4) is 22.8 Å². The minimum Gasteiger partial charge on any atom is -0.496 e. The first-order chi connectivity index (χ1) is 16.0. The zero-order chi connectivity index (χ0) is 23.4. The maximum absolute atomic E-state index is 12.8. The van der Waals surface area contributed by atoms with E-state index in [1.54, 1.807) is 31.4 Å². The Kier molecular flexibility index (Phi) is 7.01. The normalized spacial score (nSPS) is 11.8. The Hall–Kier alpha value is -3.29. The Morgan fingerprint density at radius 1 is 1.06 bits per heavy atom. The van der Waals surface area contributed by atoms with E-state index in [9.17, 15) is 4.79 Å². The summed E-state index contributed by atoms with van der Waals surface area (Å²) in [6.45, 7) is 3.87. The number of nitrogens with zero attached hydrogens (tertiary/aromatic N) is 3. The largest absolute Gasteiger partial charge is 0.496 e. The summed E-state index contributed by atoms with van der Waals surface area (Å²) < 4.78 is 7.50. The molecule has 0 radical (unpaired) electrons. The topological polar surface area (TPSA) is 69.0 Å². The molecule has 168 valence electrons. The monoisotopic (exact) mass is 478 g/mol. The van der Waals surface area contributed by atoms with E-state index >= 15 is 0 Å². The molecular formula is C25H23ClN4O2S. The molecule has 6 nitrogen and oxygen atoms in total. The Bertz CT molecular complexity index is 1270. The van der Waals surface area contributed by atoms with E-state index in [2.05, 4.69) is 15.5 Å². The van der Waals surface area contributed by atoms with Gasteiger partial charge in [-0.1, -0.05) is 59.3 Å². The molecule has 1 atom stereocenters. The predicted octanol–water partition coefficient (Wildman–Crippen LogP) is 6.02. The second kappa shape index (κ2) is 10.1. The van der Waals surface area contributed by atoms with E-state index in [0.29, 0.717) is 27.4 Å². The Morgan fingerprint density at radius 3 is 2.55 bits per heavy atom. The summed E-state index contributed by atoms with van der Waals surface area (Å²) in [6, 6.07) is 22.8. The van der Waals surface area contributed by atoms with Gasteiger partial charge in [0.05, 0.1) is 17.9 Å². The van der Waals surface area contributed by atoms with Gasteiger partial charge >= 0.3 is 0 Å². The number of methoxy groups -OCH3 is 1. The number of hydrogen-bond acceptors (Lipinski definition) is 5. The maximum atomic E-state index is 12.8. The molecule has 8 heteroatoms. The highest BCUT2D eigenvalue weighted by atomic mass is 35.5. The van der Waals surface area contributed by atoms with Gasteiger partial charge in [0.1, 0.15) is 5.75 Å². The zero-order valence-corrected chi connectivity index (χ0v) is 20.0. The molecule has 0 saturated heterocycles. The molecule has 3 aromatic carbocycles. The molecule has 0 bridgehead atoms. The molecule has 1 N–H and O–H groups in total. The first-order valence-corrected chi connectivity index (χ1v) is 11.6. The zero-order valence-electron chi connectivity index (χ0n) is 18.4. The van der Waals surface area contributed by atoms with E-state index in [1.165, 1.54) is 11.8 Å². The van der Waals surface area contributed by atoms with Crippen molar-refractivity contribution in [1.29, 1.82) is 0 Å². The fraction of sp³-hybridized carbons (Fsp3) is 0.160. The minimum absolute atomic E-state index is 0.153. The lowest BCUT2D eigenvalue weighted by Crippen LogP contribution is -2.22. The summed E-state index contributed by atoms with van der Waals surface area (Å²) in [5.74, 6) is 1.18. The molecule has 0 saturated carbocycles. The molecule has 0 aliphatic carbocycles. The average molecular weight is 479 g/mol. The van der Waals surface area contributed by atoms with Gasteiger partial charge in [0.15, 0.2) is 11.0 Å². The van der Waals surface area contributed by atoms with E-state index in [0.717, 1.165) is 16.8 Å². The van der Waals surface area contributed by atoms with Crippen molar-refractivity contribution in [2.45, 2.75) is 24.3 Å². The van der Waals surface area contributed by atoms with Crippen LogP contribution in [0, 0.1) is 6.92 Å². The number of anilines is 1. The maximum Gasteiger partial charge on any atom is 0.237 e. The molecule has 1 heterocycles. The van der Waals surface area contributed by atoms with Crippen LogP contribution in [-0.4, -0.2) is 33.0 Å². The molecule has 0 aliphatic rings. The molecule has 33 heavy (non-hydrogen) atoms. The van der Waals surface area contributed by atoms with Gasteiger partial charge in [-0.05, 0) is 56.3 Å². The number of carbonyl (C=O) groups excluding carboxylic acids is 1. The van der Waals surface area contributed by atoms with Gasteiger partial charge in [-0.15, -0.1) is 10.2 Å². The van der Waals surface area contributed by atoms with Crippen molar-refractivity contribution >= 4 is 35.0 Å². The lowest BCUT2D eigenvalue weighted by Gasteiger charge is -2.15. The summed E-state index contributed by atoms with van der Waals surface area (Å²) in [5.41, 5.74) is 3.51. The fourth-order valence-corrected chi connectivity index (χ4v) is 4.36. The van der Waals surface area contributed by atoms with Crippen LogP contribution >= 0.6 is 23.4 Å². The third-order valence-electron chi connectivity index (χ3n) is 5.02. The van der Waals surface area contributed by atoms with Gasteiger partial charge in [0, 0.05) is 16.4 Å². The molecule has 1 unspecified atom stereocenters. The Morgan fingerprint density at radius 2 is 1.82 bits per heavy atom. The van der Waals surface area contributed by atoms with Crippen molar-refractivity contribution in [3.63, 3.8) is 0 Å². The highest BCUT2D eigenvalue weighted by Gasteiger charge is 2.23. The van der Waals surface area contributed by atoms with Gasteiger partial charge in [-0.3, -0.25) is 9.36 Å². The van der Waals surface area contributed by atoms with Gasteiger partial charge in [0.2, 0.25) is 5.91 Å². The van der Waals surface area contributed by atoms with Crippen LogP contribution in [0.2, 0.25) is 5.02 Å². The molecule has 0 aliphatic heterocycles. The van der Waals surface area contributed by atoms with Gasteiger partial charge in [-0.2, -0.15) is 0 Å². The van der Waals surface area contributed by atoms with Gasteiger partial charge in [-0.25, -0.2) is 0 Å². The number of nitrogens with one attached hydrogen (secondary N) is 1. The first kappa shape index (κ1) is 22.9. The van der Waals surface area contributed by atoms with Crippen LogP contribution < -0.4 is 10.1 Å². The van der Waals surface area contributed by atoms with Crippen LogP contribution in [-0.2, 0) is 4.79 Å². The van der Waals surface area contributed by atoms with E-state index < -0.39 is 5.25 Å². The van der Waals surface area contributed by atoms with Crippen molar-refractivity contribution in [3.05, 3.63) is 83.4 Å². The molecule has 4 rings (SSSR count). The van der Waals surface area contributed by atoms with Crippen molar-refractivity contribution in [1.82, 2.24) is 14.8 Å². The summed E-state index contributed by atoms with van der Waals surface area (Å²) in [4.78, 5) is 12.8. The van der Waals surface area contributed by atoms with Crippen LogP contribution in [0.1, 0.15) is 12.5 Å². The Balaban J connectivity index is 1.68. The number of aromatic nitrogens is 3. The average Bonchev–Trinajstić information content (AvgIpc) is 3.22. The van der Waals surface area contributed by atoms with Crippen LogP contribution in [0.5, 0.6) is 5.75 Å². The third kappa shape index (κ3) is 5.21. The minimum atomic E-state index is -0.428. The lowest BCUT2D eigenvalue weighted by molar-refractivity contribution is -0.115. The number of halogens is 1. The van der Waals surface area contributed by atoms with Crippen molar-refractivity contribution in [2.24, 2.45) is 0 Å². The van der Waals surface area contributed by atoms with Crippen LogP contribution in [0.3, 0.4) is 0 Å². The third-order valence-corrected chi connectivity index (χ3v) is 6.29. The van der Waals surface area contributed by atoms with Crippen LogP contribution in [0.25, 0.3) is 17.1 Å². The number of para-hydroxylation sites is 1. The molecule has 4 aromatic rings. The second-order valence-corrected chi connectivity index (χ2v) is 9.18. The summed E-state index contributed by atoms with van der Waals surface area (Å²) in [6.07, 6.45) is 0. The molecule has 1 amide bonds. The van der Waals surface area contributed by atoms with E-state index in [1.807, 2.05) is 66.9 Å². The number of hydrogen-bond donors (Lipinski definition) is 1. The number of carbonyl (C=O) groups is 1. The number of benzene rings is 3. The number of thioether (sulfide) groups is 1. The van der Waals surface area contributed by atoms with Crippen molar-refractivity contribution in [2.75, 3.05) is 12.4 Å². The highest BCUT2D eigenvalue weighted by molar-refractivity contribution is 8.00. The summed E-state index contributed by atoms with van der Waals surface area (Å²) in [7, 11) is 1.63. The fourth-order valence-electron chi connectivity index (χ4n) is 3.30. The molecule has 1 aromatic heterocycles. The molecule has 0 fully saturated rings. The van der Waals surface area contributed by atoms with Crippen molar-refractivity contribution < 1.29 is 9.53 Å². The molecular weight excluding hydrogens is 456 g/mol. The Labute approximate surface area is 202 Å². The number of ether oxygens (including phenoxy) is 1. The smallest absolute Gasteiger partial charge is 0.237 e. The predicted molar refractivity (Wildman–Crippen MR) is 133 cm³/mol. The standard InChI is InChI=1S/C25H23ClN4O2S/c1-16-11-13-20(14-12-16)30-23(21-9-4-5-10-22(21)32-3)28-29-25(30)33-17(2)24(31)27-19-8-6-7-18(26)15-19/h4-15,17H,1-3H3,(H,27,31). The SMILES string of the molecule is COc1ccccc1-c1nnc(SC(C)C(=O)Nc2cccc(Cl)c2)n1-c1ccc(C)cc1. The van der Waals surface area contributed by atoms with E-state index in [4.69, 9.17) is 16.3 Å². The van der Waals surface area contributed by atoms with Gasteiger partial charge in [0.25, 0.3) is 0 Å². The van der Waals surface area contributed by atoms with Crippen LogP contribution in [0.4, 0.5) is 5.69 Å². The number of rotatable bonds is 7. The molecule has 0 spiro atoms. The summed E-state index contributed by atoms with van der Waals surface area (Å²) >= 11 is 7.37. The summed E-state index contributed by atoms with van der Waals surface area (Å²) in [5, 5.41) is 12.5. The quantitative estimate of drug-likeness (QED) is 0.329. The number of aryl methyl sites for hydroxylation is 1. The lowest BCUT2D eigenvalue weighted by atomic mass is 10.1. The first-order valence-electron chi connectivity index (χ1n) is 10.3. The number of amides is 1.